The van der Waals surface area contributed by atoms with E-state index in [0.717, 1.165) is 17.0 Å². The molecule has 0 amide bonds. The van der Waals surface area contributed by atoms with Crippen LogP contribution in [-0.4, -0.2) is 16.1 Å². The average molecular weight is 269 g/mol. The molecule has 2 rings (SSSR count). The number of rotatable bonds is 3. The molecular formula is C11H9ClN2O2S. The summed E-state index contributed by atoms with van der Waals surface area (Å²) in [5.74, 6) is -0.959. The van der Waals surface area contributed by atoms with Crippen LogP contribution in [0, 0.1) is 6.92 Å². The van der Waals surface area contributed by atoms with Crippen molar-refractivity contribution in [2.75, 3.05) is 5.32 Å². The highest BCUT2D eigenvalue weighted by atomic mass is 35.5. The van der Waals surface area contributed by atoms with Gasteiger partial charge in [-0.2, -0.15) is 0 Å². The minimum Gasteiger partial charge on any atom is -0.477 e. The van der Waals surface area contributed by atoms with E-state index in [1.807, 2.05) is 12.1 Å². The fourth-order valence-corrected chi connectivity index (χ4v) is 2.35. The van der Waals surface area contributed by atoms with Crippen molar-refractivity contribution in [3.63, 3.8) is 0 Å². The maximum absolute atomic E-state index is 10.9. The zero-order valence-corrected chi connectivity index (χ0v) is 10.5. The minimum absolute atomic E-state index is 0.245. The summed E-state index contributed by atoms with van der Waals surface area (Å²) in [5.41, 5.74) is 1.29. The third kappa shape index (κ3) is 2.75. The molecule has 0 aliphatic rings. The van der Waals surface area contributed by atoms with Crippen LogP contribution in [0.25, 0.3) is 0 Å². The van der Waals surface area contributed by atoms with Crippen LogP contribution in [-0.2, 0) is 0 Å². The van der Waals surface area contributed by atoms with Crippen LogP contribution in [0.4, 0.5) is 10.8 Å². The van der Waals surface area contributed by atoms with Crippen LogP contribution >= 0.6 is 22.9 Å². The van der Waals surface area contributed by atoms with E-state index in [1.165, 1.54) is 0 Å². The molecule has 88 valence electrons. The van der Waals surface area contributed by atoms with Crippen molar-refractivity contribution in [1.82, 2.24) is 4.98 Å². The van der Waals surface area contributed by atoms with E-state index in [-0.39, 0.29) is 4.88 Å². The van der Waals surface area contributed by atoms with Gasteiger partial charge in [-0.05, 0) is 25.1 Å². The molecule has 2 N–H and O–H groups in total. The molecule has 1 heterocycles. The van der Waals surface area contributed by atoms with E-state index >= 15 is 0 Å². The Balaban J connectivity index is 2.25. The summed E-state index contributed by atoms with van der Waals surface area (Å²) in [6.07, 6.45) is 0. The predicted octanol–water partition coefficient (Wildman–Crippen LogP) is 3.55. The maximum atomic E-state index is 10.9. The first-order valence-electron chi connectivity index (χ1n) is 4.79. The van der Waals surface area contributed by atoms with Crippen LogP contribution in [0.5, 0.6) is 0 Å². The monoisotopic (exact) mass is 268 g/mol. The Morgan fingerprint density at radius 1 is 1.53 bits per heavy atom. The van der Waals surface area contributed by atoms with E-state index in [9.17, 15) is 4.79 Å². The van der Waals surface area contributed by atoms with Crippen molar-refractivity contribution in [3.05, 3.63) is 39.9 Å². The quantitative estimate of drug-likeness (QED) is 0.894. The summed E-state index contributed by atoms with van der Waals surface area (Å²) >= 11 is 6.95. The molecule has 0 saturated carbocycles. The number of nitrogens with one attached hydrogen (secondary N) is 1. The van der Waals surface area contributed by atoms with Gasteiger partial charge in [0.1, 0.15) is 4.88 Å². The summed E-state index contributed by atoms with van der Waals surface area (Å²) in [6, 6.07) is 7.16. The first-order valence-corrected chi connectivity index (χ1v) is 5.99. The molecule has 0 aliphatic carbocycles. The van der Waals surface area contributed by atoms with Crippen molar-refractivity contribution in [2.24, 2.45) is 0 Å². The fourth-order valence-electron chi connectivity index (χ4n) is 1.34. The molecule has 17 heavy (non-hydrogen) atoms. The summed E-state index contributed by atoms with van der Waals surface area (Å²) in [6.45, 7) is 1.67. The number of carbonyl (C=O) groups is 1. The fraction of sp³-hybridized carbons (Fsp3) is 0.0909. The number of aromatic carboxylic acids is 1. The summed E-state index contributed by atoms with van der Waals surface area (Å²) < 4.78 is 0. The van der Waals surface area contributed by atoms with Crippen LogP contribution < -0.4 is 5.32 Å². The van der Waals surface area contributed by atoms with Gasteiger partial charge >= 0.3 is 5.97 Å². The number of thiazole rings is 1. The van der Waals surface area contributed by atoms with Gasteiger partial charge in [-0.25, -0.2) is 9.78 Å². The standard InChI is InChI=1S/C11H9ClN2O2S/c1-6-9(10(15)16)17-11(13-6)14-8-4-2-3-7(12)5-8/h2-5H,1H3,(H,13,14)(H,15,16). The molecule has 4 nitrogen and oxygen atoms in total. The average Bonchev–Trinajstić information content (AvgIpc) is 2.59. The number of hydrogen-bond donors (Lipinski definition) is 2. The molecule has 1 aromatic carbocycles. The molecule has 0 atom stereocenters. The zero-order valence-electron chi connectivity index (χ0n) is 8.90. The minimum atomic E-state index is -0.959. The third-order valence-electron chi connectivity index (χ3n) is 2.07. The van der Waals surface area contributed by atoms with Crippen LogP contribution in [0.3, 0.4) is 0 Å². The number of nitrogens with zero attached hydrogens (tertiary/aromatic N) is 1. The number of hydrogen-bond acceptors (Lipinski definition) is 4. The molecule has 0 unspecified atom stereocenters. The number of carboxylic acids is 1. The van der Waals surface area contributed by atoms with Gasteiger partial charge in [-0.15, -0.1) is 0 Å². The van der Waals surface area contributed by atoms with Crippen molar-refractivity contribution < 1.29 is 9.90 Å². The summed E-state index contributed by atoms with van der Waals surface area (Å²) in [5, 5.41) is 13.1. The SMILES string of the molecule is Cc1nc(Nc2cccc(Cl)c2)sc1C(=O)O. The Bertz CT molecular complexity index is 568. The number of anilines is 2. The number of carboxylic acid groups (broad SMARTS) is 1. The number of aromatic nitrogens is 1. The Hall–Kier alpha value is -1.59. The van der Waals surface area contributed by atoms with Crippen LogP contribution in [0.15, 0.2) is 24.3 Å². The lowest BCUT2D eigenvalue weighted by atomic mass is 10.3. The molecule has 0 bridgehead atoms. The molecule has 0 saturated heterocycles. The molecular weight excluding hydrogens is 260 g/mol. The summed E-state index contributed by atoms with van der Waals surface area (Å²) in [7, 11) is 0. The molecule has 0 radical (unpaired) electrons. The van der Waals surface area contributed by atoms with Gasteiger partial charge in [0.05, 0.1) is 5.69 Å². The van der Waals surface area contributed by atoms with E-state index in [4.69, 9.17) is 16.7 Å². The Morgan fingerprint density at radius 2 is 2.29 bits per heavy atom. The molecule has 6 heteroatoms. The van der Waals surface area contributed by atoms with E-state index in [1.54, 1.807) is 19.1 Å². The highest BCUT2D eigenvalue weighted by Gasteiger charge is 2.13. The van der Waals surface area contributed by atoms with E-state index < -0.39 is 5.97 Å². The van der Waals surface area contributed by atoms with Gasteiger partial charge in [0.25, 0.3) is 0 Å². The van der Waals surface area contributed by atoms with Crippen molar-refractivity contribution >= 4 is 39.7 Å². The Kier molecular flexibility index (Phi) is 3.31. The lowest BCUT2D eigenvalue weighted by molar-refractivity contribution is 0.0701. The molecule has 0 spiro atoms. The number of halogens is 1. The van der Waals surface area contributed by atoms with Gasteiger partial charge in [-0.3, -0.25) is 0 Å². The number of aryl methyl sites for hydroxylation is 1. The smallest absolute Gasteiger partial charge is 0.347 e. The van der Waals surface area contributed by atoms with Crippen LogP contribution in [0.1, 0.15) is 15.4 Å². The van der Waals surface area contributed by atoms with Gasteiger partial charge in [-0.1, -0.05) is 29.0 Å². The van der Waals surface area contributed by atoms with Gasteiger partial charge < -0.3 is 10.4 Å². The van der Waals surface area contributed by atoms with Crippen molar-refractivity contribution in [3.8, 4) is 0 Å². The van der Waals surface area contributed by atoms with Crippen molar-refractivity contribution in [1.29, 1.82) is 0 Å². The second kappa shape index (κ2) is 4.73. The largest absolute Gasteiger partial charge is 0.477 e. The van der Waals surface area contributed by atoms with Crippen molar-refractivity contribution in [2.45, 2.75) is 6.92 Å². The first-order chi connectivity index (χ1) is 8.06. The third-order valence-corrected chi connectivity index (χ3v) is 3.36. The lowest BCUT2D eigenvalue weighted by Gasteiger charge is -2.01. The molecule has 2 aromatic rings. The second-order valence-corrected chi connectivity index (χ2v) is 4.81. The highest BCUT2D eigenvalue weighted by molar-refractivity contribution is 7.17. The van der Waals surface area contributed by atoms with Gasteiger partial charge in [0.15, 0.2) is 5.13 Å². The predicted molar refractivity (Wildman–Crippen MR) is 68.5 cm³/mol. The zero-order chi connectivity index (χ0) is 12.4. The van der Waals surface area contributed by atoms with Gasteiger partial charge in [0.2, 0.25) is 0 Å². The first kappa shape index (κ1) is 11.9. The normalized spacial score (nSPS) is 10.2. The van der Waals surface area contributed by atoms with Gasteiger partial charge in [0, 0.05) is 10.7 Å². The maximum Gasteiger partial charge on any atom is 0.347 e. The molecule has 0 aliphatic heterocycles. The highest BCUT2D eigenvalue weighted by Crippen LogP contribution is 2.26. The Labute approximate surface area is 107 Å². The van der Waals surface area contributed by atoms with Crippen LogP contribution in [0.2, 0.25) is 5.02 Å². The topological polar surface area (TPSA) is 62.2 Å². The Morgan fingerprint density at radius 3 is 2.88 bits per heavy atom. The molecule has 0 fully saturated rings. The lowest BCUT2D eigenvalue weighted by Crippen LogP contribution is -1.94. The summed E-state index contributed by atoms with van der Waals surface area (Å²) in [4.78, 5) is 15.2. The molecule has 1 aromatic heterocycles. The van der Waals surface area contributed by atoms with E-state index in [2.05, 4.69) is 10.3 Å². The number of benzene rings is 1. The van der Waals surface area contributed by atoms with E-state index in [0.29, 0.717) is 15.8 Å². The second-order valence-electron chi connectivity index (χ2n) is 3.37.